The van der Waals surface area contributed by atoms with Crippen LogP contribution in [-0.4, -0.2) is 21.2 Å². The highest BCUT2D eigenvalue weighted by Crippen LogP contribution is 2.31. The normalized spacial score (nSPS) is 11.7. The number of aryl methyl sites for hydroxylation is 3. The zero-order valence-electron chi connectivity index (χ0n) is 12.5. The van der Waals surface area contributed by atoms with E-state index in [2.05, 4.69) is 41.3 Å². The van der Waals surface area contributed by atoms with E-state index >= 15 is 0 Å². The number of aromatic nitrogens is 2. The standard InChI is InChI=1S/C15H18N4OS/c1-8-5-6-12(7-9(8)2)21-15-13(14(16)19-20)10(3)11(4)17-18-15/h5-7,20H,1-4H3,(H2,16,19). The Hall–Kier alpha value is -2.08. The Balaban J connectivity index is 2.49. The van der Waals surface area contributed by atoms with Gasteiger partial charge in [0.05, 0.1) is 11.3 Å². The molecule has 1 aromatic heterocycles. The minimum Gasteiger partial charge on any atom is -0.409 e. The van der Waals surface area contributed by atoms with Crippen molar-refractivity contribution in [2.45, 2.75) is 37.6 Å². The largest absolute Gasteiger partial charge is 0.409 e. The van der Waals surface area contributed by atoms with Gasteiger partial charge in [0, 0.05) is 4.90 Å². The van der Waals surface area contributed by atoms with Gasteiger partial charge in [0.25, 0.3) is 0 Å². The van der Waals surface area contributed by atoms with Crippen molar-refractivity contribution in [3.63, 3.8) is 0 Å². The van der Waals surface area contributed by atoms with Gasteiger partial charge >= 0.3 is 0 Å². The van der Waals surface area contributed by atoms with Gasteiger partial charge in [0.1, 0.15) is 5.03 Å². The van der Waals surface area contributed by atoms with Gasteiger partial charge in [-0.25, -0.2) is 0 Å². The van der Waals surface area contributed by atoms with Crippen LogP contribution in [0.4, 0.5) is 0 Å². The van der Waals surface area contributed by atoms with E-state index in [0.717, 1.165) is 16.2 Å². The van der Waals surface area contributed by atoms with Crippen LogP contribution in [0, 0.1) is 27.7 Å². The van der Waals surface area contributed by atoms with Crippen LogP contribution in [-0.2, 0) is 0 Å². The first kappa shape index (κ1) is 15.3. The molecule has 0 saturated carbocycles. The summed E-state index contributed by atoms with van der Waals surface area (Å²) >= 11 is 1.46. The molecule has 1 heterocycles. The quantitative estimate of drug-likeness (QED) is 0.394. The molecule has 5 nitrogen and oxygen atoms in total. The molecule has 0 radical (unpaired) electrons. The molecule has 0 atom stereocenters. The molecule has 2 aromatic rings. The predicted molar refractivity (Wildman–Crippen MR) is 84.1 cm³/mol. The fourth-order valence-electron chi connectivity index (χ4n) is 1.90. The van der Waals surface area contributed by atoms with Crippen molar-refractivity contribution >= 4 is 17.6 Å². The molecule has 0 aliphatic rings. The third-order valence-corrected chi connectivity index (χ3v) is 4.45. The lowest BCUT2D eigenvalue weighted by molar-refractivity contribution is 0.318. The van der Waals surface area contributed by atoms with E-state index in [9.17, 15) is 0 Å². The number of rotatable bonds is 3. The smallest absolute Gasteiger partial charge is 0.173 e. The van der Waals surface area contributed by atoms with E-state index < -0.39 is 0 Å². The van der Waals surface area contributed by atoms with Gasteiger partial charge in [-0.05, 0) is 56.5 Å². The average molecular weight is 302 g/mol. The second kappa shape index (κ2) is 6.13. The molecule has 0 unspecified atom stereocenters. The number of nitrogens with two attached hydrogens (primary N) is 1. The molecule has 1 aromatic carbocycles. The van der Waals surface area contributed by atoms with E-state index in [-0.39, 0.29) is 5.84 Å². The second-order valence-corrected chi connectivity index (χ2v) is 5.99. The van der Waals surface area contributed by atoms with Crippen LogP contribution < -0.4 is 5.73 Å². The van der Waals surface area contributed by atoms with Crippen molar-refractivity contribution in [3.05, 3.63) is 46.1 Å². The van der Waals surface area contributed by atoms with Gasteiger partial charge in [-0.15, -0.1) is 5.10 Å². The maximum Gasteiger partial charge on any atom is 0.173 e. The average Bonchev–Trinajstić information content (AvgIpc) is 2.46. The molecule has 2 rings (SSSR count). The summed E-state index contributed by atoms with van der Waals surface area (Å²) in [5.41, 5.74) is 10.5. The molecule has 0 aliphatic heterocycles. The Labute approximate surface area is 128 Å². The van der Waals surface area contributed by atoms with Gasteiger partial charge in [0.15, 0.2) is 5.84 Å². The zero-order chi connectivity index (χ0) is 15.6. The highest BCUT2D eigenvalue weighted by molar-refractivity contribution is 7.99. The van der Waals surface area contributed by atoms with Gasteiger partial charge in [0.2, 0.25) is 0 Å². The first-order valence-electron chi connectivity index (χ1n) is 6.51. The molecule has 0 spiro atoms. The summed E-state index contributed by atoms with van der Waals surface area (Å²) in [4.78, 5) is 1.04. The molecule has 0 fully saturated rings. The van der Waals surface area contributed by atoms with Crippen molar-refractivity contribution in [1.82, 2.24) is 10.2 Å². The summed E-state index contributed by atoms with van der Waals surface area (Å²) in [6.07, 6.45) is 0. The van der Waals surface area contributed by atoms with Crippen LogP contribution in [0.2, 0.25) is 0 Å². The Morgan fingerprint density at radius 2 is 1.86 bits per heavy atom. The second-order valence-electron chi connectivity index (χ2n) is 4.92. The lowest BCUT2D eigenvalue weighted by Crippen LogP contribution is -2.18. The highest BCUT2D eigenvalue weighted by atomic mass is 32.2. The third kappa shape index (κ3) is 3.16. The minimum absolute atomic E-state index is 0.0526. The minimum atomic E-state index is 0.0526. The number of amidine groups is 1. The molecule has 6 heteroatoms. The predicted octanol–water partition coefficient (Wildman–Crippen LogP) is 2.96. The van der Waals surface area contributed by atoms with Crippen molar-refractivity contribution < 1.29 is 5.21 Å². The first-order chi connectivity index (χ1) is 9.93. The third-order valence-electron chi connectivity index (χ3n) is 3.48. The van der Waals surface area contributed by atoms with Crippen LogP contribution in [0.3, 0.4) is 0 Å². The zero-order valence-corrected chi connectivity index (χ0v) is 13.3. The van der Waals surface area contributed by atoms with Crippen LogP contribution in [0.1, 0.15) is 27.9 Å². The van der Waals surface area contributed by atoms with Crippen molar-refractivity contribution in [2.75, 3.05) is 0 Å². The summed E-state index contributed by atoms with van der Waals surface area (Å²) in [6.45, 7) is 7.88. The number of oxime groups is 1. The van der Waals surface area contributed by atoms with E-state index in [1.54, 1.807) is 0 Å². The molecule has 21 heavy (non-hydrogen) atoms. The SMILES string of the molecule is Cc1ccc(Sc2nnc(C)c(C)c2/C(N)=N/O)cc1C. The Morgan fingerprint density at radius 3 is 2.48 bits per heavy atom. The van der Waals surface area contributed by atoms with E-state index in [0.29, 0.717) is 10.6 Å². The number of hydrogen-bond donors (Lipinski definition) is 2. The maximum absolute atomic E-state index is 8.98. The molecular formula is C15H18N4OS. The van der Waals surface area contributed by atoms with Crippen molar-refractivity contribution in [1.29, 1.82) is 0 Å². The van der Waals surface area contributed by atoms with Crippen LogP contribution in [0.15, 0.2) is 33.3 Å². The van der Waals surface area contributed by atoms with E-state index in [1.807, 2.05) is 19.9 Å². The molecule has 0 amide bonds. The molecule has 0 saturated heterocycles. The number of benzene rings is 1. The van der Waals surface area contributed by atoms with Gasteiger partial charge < -0.3 is 10.9 Å². The van der Waals surface area contributed by atoms with Crippen molar-refractivity contribution in [3.8, 4) is 0 Å². The fraction of sp³-hybridized carbons (Fsp3) is 0.267. The van der Waals surface area contributed by atoms with Crippen molar-refractivity contribution in [2.24, 2.45) is 10.9 Å². The van der Waals surface area contributed by atoms with Crippen LogP contribution in [0.25, 0.3) is 0 Å². The number of nitrogens with zero attached hydrogens (tertiary/aromatic N) is 3. The molecule has 110 valence electrons. The van der Waals surface area contributed by atoms with Gasteiger partial charge in [-0.3, -0.25) is 0 Å². The monoisotopic (exact) mass is 302 g/mol. The molecular weight excluding hydrogens is 284 g/mol. The summed E-state index contributed by atoms with van der Waals surface area (Å²) in [6, 6.07) is 6.18. The number of hydrogen-bond acceptors (Lipinski definition) is 5. The van der Waals surface area contributed by atoms with E-state index in [1.165, 1.54) is 22.9 Å². The van der Waals surface area contributed by atoms with Crippen LogP contribution >= 0.6 is 11.8 Å². The summed E-state index contributed by atoms with van der Waals surface area (Å²) in [7, 11) is 0. The van der Waals surface area contributed by atoms with E-state index in [4.69, 9.17) is 10.9 Å². The Morgan fingerprint density at radius 1 is 1.14 bits per heavy atom. The lowest BCUT2D eigenvalue weighted by Gasteiger charge is -2.11. The molecule has 0 aliphatic carbocycles. The Bertz CT molecular complexity index is 713. The molecule has 0 bridgehead atoms. The lowest BCUT2D eigenvalue weighted by atomic mass is 10.1. The van der Waals surface area contributed by atoms with Gasteiger partial charge in [-0.1, -0.05) is 23.0 Å². The summed E-state index contributed by atoms with van der Waals surface area (Å²) in [5.74, 6) is 0.0526. The Kier molecular flexibility index (Phi) is 4.47. The van der Waals surface area contributed by atoms with Gasteiger partial charge in [-0.2, -0.15) is 5.10 Å². The highest BCUT2D eigenvalue weighted by Gasteiger charge is 2.16. The maximum atomic E-state index is 8.98. The fourth-order valence-corrected chi connectivity index (χ4v) is 2.94. The van der Waals surface area contributed by atoms with Crippen LogP contribution in [0.5, 0.6) is 0 Å². The topological polar surface area (TPSA) is 84.4 Å². The summed E-state index contributed by atoms with van der Waals surface area (Å²) in [5, 5.41) is 21.0. The summed E-state index contributed by atoms with van der Waals surface area (Å²) < 4.78 is 0. The first-order valence-corrected chi connectivity index (χ1v) is 7.32. The molecule has 3 N–H and O–H groups in total.